The molecular weight excluding hydrogens is 336 g/mol. The number of hydrogen-bond acceptors (Lipinski definition) is 7. The van der Waals surface area contributed by atoms with Crippen LogP contribution in [0.1, 0.15) is 91.4 Å². The molecule has 1 rings (SSSR count). The molecule has 1 heterocycles. The van der Waals surface area contributed by atoms with Gasteiger partial charge in [-0.15, -0.1) is 10.1 Å². The molecule has 0 unspecified atom stereocenters. The predicted molar refractivity (Wildman–Crippen MR) is 104 cm³/mol. The van der Waals surface area contributed by atoms with Gasteiger partial charge in [-0.25, -0.2) is 20.8 Å². The Bertz CT molecular complexity index is 461. The number of nitrogens with zero attached hydrogens (tertiary/aromatic N) is 4. The number of rotatable bonds is 11. The lowest BCUT2D eigenvalue weighted by atomic mass is 10.1. The van der Waals surface area contributed by atoms with Gasteiger partial charge in [0.05, 0.1) is 0 Å². The summed E-state index contributed by atoms with van der Waals surface area (Å²) < 4.78 is 0. The average Bonchev–Trinajstić information content (AvgIpc) is 2.52. The SMILES string of the molecule is CCCCCCCCCCCCC1=NC(C)(C)N=C(N)N1N.O=[N+]([O-])O. The van der Waals surface area contributed by atoms with Gasteiger partial charge in [0.1, 0.15) is 5.84 Å². The lowest BCUT2D eigenvalue weighted by molar-refractivity contribution is -0.742. The van der Waals surface area contributed by atoms with E-state index in [1.165, 1.54) is 62.8 Å². The molecule has 0 bridgehead atoms. The third-order valence-corrected chi connectivity index (χ3v) is 4.07. The molecule has 0 amide bonds. The summed E-state index contributed by atoms with van der Waals surface area (Å²) in [7, 11) is 0. The van der Waals surface area contributed by atoms with E-state index < -0.39 is 10.7 Å². The van der Waals surface area contributed by atoms with Gasteiger partial charge in [0, 0.05) is 6.42 Å². The van der Waals surface area contributed by atoms with Crippen LogP contribution in [0.4, 0.5) is 0 Å². The van der Waals surface area contributed by atoms with Crippen LogP contribution in [0.25, 0.3) is 0 Å². The first-order chi connectivity index (χ1) is 12.2. The minimum absolute atomic E-state index is 0.363. The molecule has 1 aliphatic heterocycles. The highest BCUT2D eigenvalue weighted by atomic mass is 16.9. The van der Waals surface area contributed by atoms with Gasteiger partial charge in [-0.3, -0.25) is 0 Å². The third kappa shape index (κ3) is 12.5. The van der Waals surface area contributed by atoms with Gasteiger partial charge in [0.2, 0.25) is 5.96 Å². The predicted octanol–water partition coefficient (Wildman–Crippen LogP) is 3.59. The van der Waals surface area contributed by atoms with Gasteiger partial charge >= 0.3 is 0 Å². The van der Waals surface area contributed by atoms with Crippen molar-refractivity contribution in [2.24, 2.45) is 21.6 Å². The summed E-state index contributed by atoms with van der Waals surface area (Å²) in [5.41, 5.74) is 5.36. The Morgan fingerprint density at radius 1 is 1.04 bits per heavy atom. The molecule has 1 aliphatic rings. The maximum atomic E-state index is 8.36. The molecule has 0 aromatic heterocycles. The smallest absolute Gasteiger partial charge is 0.291 e. The Balaban J connectivity index is 0.00000141. The van der Waals surface area contributed by atoms with Crippen molar-refractivity contribution in [3.8, 4) is 0 Å². The molecule has 152 valence electrons. The number of hydrazine groups is 1. The van der Waals surface area contributed by atoms with Crippen LogP contribution in [0.3, 0.4) is 0 Å². The molecule has 0 spiro atoms. The highest BCUT2D eigenvalue weighted by molar-refractivity contribution is 6.00. The first-order valence-electron chi connectivity index (χ1n) is 9.51. The van der Waals surface area contributed by atoms with E-state index in [9.17, 15) is 0 Å². The summed E-state index contributed by atoms with van der Waals surface area (Å²) in [5.74, 6) is 7.13. The molecule has 0 radical (unpaired) electrons. The van der Waals surface area contributed by atoms with E-state index >= 15 is 0 Å². The first-order valence-corrected chi connectivity index (χ1v) is 9.51. The summed E-state index contributed by atoms with van der Waals surface area (Å²) in [4.78, 5) is 17.2. The number of amidine groups is 1. The Kier molecular flexibility index (Phi) is 12.3. The maximum absolute atomic E-state index is 8.36. The Morgan fingerprint density at radius 3 is 1.92 bits per heavy atom. The number of hydrogen-bond donors (Lipinski definition) is 3. The molecule has 0 atom stereocenters. The van der Waals surface area contributed by atoms with Gasteiger partial charge in [-0.05, 0) is 20.3 Å². The second kappa shape index (κ2) is 13.3. The quantitative estimate of drug-likeness (QED) is 0.219. The van der Waals surface area contributed by atoms with Gasteiger partial charge in [-0.1, -0.05) is 64.7 Å². The molecule has 0 aliphatic carbocycles. The van der Waals surface area contributed by atoms with Gasteiger partial charge < -0.3 is 10.9 Å². The Hall–Kier alpha value is -1.90. The second-order valence-electron chi connectivity index (χ2n) is 7.03. The third-order valence-electron chi connectivity index (χ3n) is 4.07. The van der Waals surface area contributed by atoms with Crippen LogP contribution in [-0.2, 0) is 0 Å². The largest absolute Gasteiger partial charge is 0.368 e. The van der Waals surface area contributed by atoms with Gasteiger partial charge in [0.15, 0.2) is 5.66 Å². The number of guanidine groups is 1. The maximum Gasteiger partial charge on any atom is 0.291 e. The standard InChI is InChI=1S/C17H35N5.HNO3/c1-4-5-6-7-8-9-10-11-12-13-14-15-20-17(2,3)21-16(18)22(15)19;2-1(3)4/h4-14,19H2,1-3H3,(H2,18,21);(H,2,3,4). The fourth-order valence-corrected chi connectivity index (χ4v) is 2.81. The van der Waals surface area contributed by atoms with Crippen LogP contribution in [0.15, 0.2) is 9.98 Å². The van der Waals surface area contributed by atoms with Crippen molar-refractivity contribution in [2.45, 2.75) is 97.1 Å². The molecule has 0 aromatic carbocycles. The first kappa shape index (κ1) is 24.1. The summed E-state index contributed by atoms with van der Waals surface area (Å²) in [5, 5.41) is 15.1. The van der Waals surface area contributed by atoms with Gasteiger partial charge in [-0.2, -0.15) is 0 Å². The van der Waals surface area contributed by atoms with Crippen molar-refractivity contribution < 1.29 is 10.3 Å². The molecule has 0 fully saturated rings. The molecule has 0 saturated carbocycles. The molecule has 26 heavy (non-hydrogen) atoms. The molecular formula is C17H36N6O3. The highest BCUT2D eigenvalue weighted by Crippen LogP contribution is 2.18. The van der Waals surface area contributed by atoms with E-state index in [1.807, 2.05) is 13.8 Å². The summed E-state index contributed by atoms with van der Waals surface area (Å²) in [6.45, 7) is 6.16. The van der Waals surface area contributed by atoms with Crippen molar-refractivity contribution in [1.29, 1.82) is 0 Å². The monoisotopic (exact) mass is 372 g/mol. The van der Waals surface area contributed by atoms with Crippen molar-refractivity contribution in [3.63, 3.8) is 0 Å². The number of nitrogens with two attached hydrogens (primary N) is 2. The average molecular weight is 373 g/mol. The lowest BCUT2D eigenvalue weighted by Crippen LogP contribution is -2.51. The van der Waals surface area contributed by atoms with Crippen molar-refractivity contribution >= 4 is 11.8 Å². The second-order valence-corrected chi connectivity index (χ2v) is 7.03. The minimum Gasteiger partial charge on any atom is -0.368 e. The molecule has 5 N–H and O–H groups in total. The van der Waals surface area contributed by atoms with Crippen LogP contribution < -0.4 is 11.6 Å². The van der Waals surface area contributed by atoms with E-state index in [-0.39, 0.29) is 0 Å². The Morgan fingerprint density at radius 2 is 1.46 bits per heavy atom. The van der Waals surface area contributed by atoms with Crippen LogP contribution in [0.5, 0.6) is 0 Å². The zero-order valence-corrected chi connectivity index (χ0v) is 16.5. The zero-order valence-electron chi connectivity index (χ0n) is 16.5. The number of aliphatic imine (C=N–C) groups is 2. The van der Waals surface area contributed by atoms with Gasteiger partial charge in [0.25, 0.3) is 5.09 Å². The Labute approximate surface area is 156 Å². The summed E-state index contributed by atoms with van der Waals surface area (Å²) in [6.07, 6.45) is 14.2. The van der Waals surface area contributed by atoms with Crippen molar-refractivity contribution in [2.75, 3.05) is 0 Å². The fraction of sp³-hybridized carbons (Fsp3) is 0.882. The van der Waals surface area contributed by atoms with E-state index in [0.717, 1.165) is 18.7 Å². The van der Waals surface area contributed by atoms with Crippen LogP contribution >= 0.6 is 0 Å². The van der Waals surface area contributed by atoms with E-state index in [2.05, 4.69) is 16.9 Å². The molecule has 9 nitrogen and oxygen atoms in total. The summed E-state index contributed by atoms with van der Waals surface area (Å²) >= 11 is 0. The zero-order chi connectivity index (χ0) is 20.0. The molecule has 0 saturated heterocycles. The van der Waals surface area contributed by atoms with E-state index in [0.29, 0.717) is 5.96 Å². The number of unbranched alkanes of at least 4 members (excludes halogenated alkanes) is 9. The van der Waals surface area contributed by atoms with E-state index in [1.54, 1.807) is 0 Å². The van der Waals surface area contributed by atoms with E-state index in [4.69, 9.17) is 26.9 Å². The summed E-state index contributed by atoms with van der Waals surface area (Å²) in [6, 6.07) is 0. The minimum atomic E-state index is -1.50. The lowest BCUT2D eigenvalue weighted by Gasteiger charge is -2.29. The topological polar surface area (TPSA) is 143 Å². The fourth-order valence-electron chi connectivity index (χ4n) is 2.81. The molecule has 0 aromatic rings. The highest BCUT2D eigenvalue weighted by Gasteiger charge is 2.25. The van der Waals surface area contributed by atoms with Crippen molar-refractivity contribution in [1.82, 2.24) is 5.01 Å². The van der Waals surface area contributed by atoms with Crippen LogP contribution in [-0.4, -0.2) is 32.8 Å². The molecule has 9 heteroatoms. The van der Waals surface area contributed by atoms with Crippen LogP contribution in [0.2, 0.25) is 0 Å². The van der Waals surface area contributed by atoms with Crippen molar-refractivity contribution in [3.05, 3.63) is 10.1 Å². The van der Waals surface area contributed by atoms with Crippen LogP contribution in [0, 0.1) is 10.1 Å². The normalized spacial score (nSPS) is 15.6.